The lowest BCUT2D eigenvalue weighted by Gasteiger charge is -2.07. The minimum absolute atomic E-state index is 0. The molecule has 1 aromatic rings. The molecule has 55 valence electrons. The first-order valence-electron chi connectivity index (χ1n) is 3.54. The monoisotopic (exact) mass is 147 g/mol. The molecular formula is C9H9BF. The summed E-state index contributed by atoms with van der Waals surface area (Å²) in [5.74, 6) is 2.11. The van der Waals surface area contributed by atoms with Crippen LogP contribution in [0.2, 0.25) is 0 Å². The summed E-state index contributed by atoms with van der Waals surface area (Å²) in [5.41, 5.74) is 2.80. The number of hydrogen-bond acceptors (Lipinski definition) is 0. The average molecular weight is 147 g/mol. The van der Waals surface area contributed by atoms with Crippen LogP contribution in [0.1, 0.15) is 11.1 Å². The summed E-state index contributed by atoms with van der Waals surface area (Å²) in [6, 6.07) is 8.49. The van der Waals surface area contributed by atoms with Gasteiger partial charge in [-0.2, -0.15) is 0 Å². The third kappa shape index (κ3) is 1.51. The van der Waals surface area contributed by atoms with Gasteiger partial charge in [-0.3, -0.25) is 4.70 Å². The van der Waals surface area contributed by atoms with E-state index in [-0.39, 0.29) is 4.70 Å². The Kier molecular flexibility index (Phi) is 2.47. The summed E-state index contributed by atoms with van der Waals surface area (Å²) in [4.78, 5) is 0. The van der Waals surface area contributed by atoms with E-state index in [2.05, 4.69) is 43.6 Å². The van der Waals surface area contributed by atoms with Gasteiger partial charge in [-0.15, -0.1) is 5.98 Å². The lowest BCUT2D eigenvalue weighted by atomic mass is 9.67. The molecule has 0 atom stereocenters. The molecule has 0 spiro atoms. The third-order valence-electron chi connectivity index (χ3n) is 1.80. The minimum Gasteiger partial charge on any atom is -0.269 e. The highest BCUT2D eigenvalue weighted by atomic mass is 19.0. The summed E-state index contributed by atoms with van der Waals surface area (Å²) < 4.78 is 0. The molecule has 0 aliphatic carbocycles. The minimum atomic E-state index is 0. The second kappa shape index (κ2) is 3.38. The lowest BCUT2D eigenvalue weighted by molar-refractivity contribution is 1.11. The zero-order valence-corrected chi connectivity index (χ0v) is 6.16. The van der Waals surface area contributed by atoms with Gasteiger partial charge in [-0.05, 0) is 11.1 Å². The molecule has 1 heterocycles. The Morgan fingerprint density at radius 3 is 2.82 bits per heavy atom. The van der Waals surface area contributed by atoms with E-state index in [0.717, 1.165) is 6.32 Å². The molecule has 0 unspecified atom stereocenters. The van der Waals surface area contributed by atoms with Crippen LogP contribution in [0.3, 0.4) is 0 Å². The molecule has 0 nitrogen and oxygen atoms in total. The maximum absolute atomic E-state index is 2.18. The van der Waals surface area contributed by atoms with Crippen molar-refractivity contribution in [2.75, 3.05) is 0 Å². The molecule has 1 aliphatic rings. The van der Waals surface area contributed by atoms with Gasteiger partial charge in [0.25, 0.3) is 0 Å². The zero-order chi connectivity index (χ0) is 6.81. The van der Waals surface area contributed by atoms with Crippen molar-refractivity contribution in [3.63, 3.8) is 0 Å². The molecule has 0 fully saturated rings. The Morgan fingerprint density at radius 2 is 2.00 bits per heavy atom. The summed E-state index contributed by atoms with van der Waals surface area (Å²) >= 11 is 0. The van der Waals surface area contributed by atoms with Gasteiger partial charge in [0.15, 0.2) is 0 Å². The Bertz CT molecular complexity index is 268. The van der Waals surface area contributed by atoms with E-state index >= 15 is 0 Å². The van der Waals surface area contributed by atoms with E-state index < -0.39 is 0 Å². The number of benzene rings is 1. The van der Waals surface area contributed by atoms with Gasteiger partial charge in [0.2, 0.25) is 0 Å². The quantitative estimate of drug-likeness (QED) is 0.492. The molecule has 0 amide bonds. The number of rotatable bonds is 0. The Labute approximate surface area is 66.5 Å². The standard InChI is InChI=1S/C9H8B.FH/c1-2-4-9-7-10-6-5-8(9)3-1;/h1-6H,7H2;1H. The highest BCUT2D eigenvalue weighted by molar-refractivity contribution is 6.43. The first-order valence-corrected chi connectivity index (χ1v) is 3.54. The van der Waals surface area contributed by atoms with Crippen LogP contribution in [0, 0.1) is 0 Å². The van der Waals surface area contributed by atoms with Crippen LogP contribution in [-0.4, -0.2) is 7.28 Å². The fourth-order valence-corrected chi connectivity index (χ4v) is 1.25. The van der Waals surface area contributed by atoms with Crippen LogP contribution < -0.4 is 0 Å². The Hall–Kier alpha value is -1.05. The second-order valence-electron chi connectivity index (χ2n) is 2.50. The summed E-state index contributed by atoms with van der Waals surface area (Å²) in [7, 11) is 2.18. The van der Waals surface area contributed by atoms with Crippen molar-refractivity contribution < 1.29 is 4.70 Å². The van der Waals surface area contributed by atoms with Crippen LogP contribution >= 0.6 is 0 Å². The number of fused-ring (bicyclic) bond motifs is 1. The summed E-state index contributed by atoms with van der Waals surface area (Å²) in [5, 5.41) is 0. The van der Waals surface area contributed by atoms with Gasteiger partial charge in [0.05, 0.1) is 0 Å². The summed E-state index contributed by atoms with van der Waals surface area (Å²) in [6.07, 6.45) is 3.24. The molecule has 2 rings (SSSR count). The van der Waals surface area contributed by atoms with Gasteiger partial charge in [-0.25, -0.2) is 0 Å². The van der Waals surface area contributed by atoms with Crippen molar-refractivity contribution in [3.05, 3.63) is 41.4 Å². The van der Waals surface area contributed by atoms with Crippen molar-refractivity contribution in [3.8, 4) is 0 Å². The predicted octanol–water partition coefficient (Wildman–Crippen LogP) is 2.03. The van der Waals surface area contributed by atoms with E-state index in [1.165, 1.54) is 11.1 Å². The van der Waals surface area contributed by atoms with Gasteiger partial charge >= 0.3 is 0 Å². The smallest absolute Gasteiger partial charge is 0.146 e. The predicted molar refractivity (Wildman–Crippen MR) is 47.4 cm³/mol. The molecule has 0 aromatic heterocycles. The van der Waals surface area contributed by atoms with Crippen molar-refractivity contribution in [2.45, 2.75) is 6.32 Å². The second-order valence-corrected chi connectivity index (χ2v) is 2.50. The average Bonchev–Trinajstić information content (AvgIpc) is 2.05. The van der Waals surface area contributed by atoms with E-state index in [9.17, 15) is 0 Å². The van der Waals surface area contributed by atoms with Crippen LogP contribution in [0.4, 0.5) is 4.70 Å². The molecule has 0 bridgehead atoms. The lowest BCUT2D eigenvalue weighted by Crippen LogP contribution is -2.00. The molecule has 1 aromatic carbocycles. The first-order chi connectivity index (χ1) is 4.97. The highest BCUT2D eigenvalue weighted by Crippen LogP contribution is 2.13. The van der Waals surface area contributed by atoms with E-state index in [1.54, 1.807) is 0 Å². The van der Waals surface area contributed by atoms with Crippen molar-refractivity contribution >= 4 is 13.4 Å². The van der Waals surface area contributed by atoms with E-state index in [0.29, 0.717) is 0 Å². The molecule has 11 heavy (non-hydrogen) atoms. The Balaban J connectivity index is 0.000000605. The zero-order valence-electron chi connectivity index (χ0n) is 6.16. The molecule has 0 saturated carbocycles. The Morgan fingerprint density at radius 1 is 1.18 bits per heavy atom. The van der Waals surface area contributed by atoms with Crippen LogP contribution in [0.25, 0.3) is 6.08 Å². The molecule has 0 N–H and O–H groups in total. The van der Waals surface area contributed by atoms with Crippen LogP contribution in [0.15, 0.2) is 30.2 Å². The van der Waals surface area contributed by atoms with E-state index in [1.807, 2.05) is 0 Å². The van der Waals surface area contributed by atoms with Gasteiger partial charge in [0.1, 0.15) is 7.28 Å². The largest absolute Gasteiger partial charge is 0.269 e. The molecule has 1 radical (unpaired) electrons. The number of hydrogen-bond donors (Lipinski definition) is 0. The topological polar surface area (TPSA) is 0 Å². The fraction of sp³-hybridized carbons (Fsp3) is 0.111. The van der Waals surface area contributed by atoms with Gasteiger partial charge < -0.3 is 0 Å². The molecule has 2 heteroatoms. The normalized spacial score (nSPS) is 12.7. The van der Waals surface area contributed by atoms with Crippen molar-refractivity contribution in [1.29, 1.82) is 0 Å². The van der Waals surface area contributed by atoms with Crippen LogP contribution in [0.5, 0.6) is 0 Å². The van der Waals surface area contributed by atoms with Crippen molar-refractivity contribution in [1.82, 2.24) is 0 Å². The maximum atomic E-state index is 2.18. The fourth-order valence-electron chi connectivity index (χ4n) is 1.25. The van der Waals surface area contributed by atoms with Crippen LogP contribution in [-0.2, 0) is 6.32 Å². The molecule has 0 saturated heterocycles. The van der Waals surface area contributed by atoms with E-state index in [4.69, 9.17) is 0 Å². The van der Waals surface area contributed by atoms with Gasteiger partial charge in [0, 0.05) is 0 Å². The highest BCUT2D eigenvalue weighted by Gasteiger charge is 2.01. The first kappa shape index (κ1) is 8.06. The molecule has 1 aliphatic heterocycles. The van der Waals surface area contributed by atoms with Crippen molar-refractivity contribution in [2.24, 2.45) is 0 Å². The SMILES string of the molecule is F.[B]1C=Cc2ccccc2C1. The number of halogens is 1. The van der Waals surface area contributed by atoms with Gasteiger partial charge in [-0.1, -0.05) is 36.7 Å². The summed E-state index contributed by atoms with van der Waals surface area (Å²) in [6.45, 7) is 0. The molecular weight excluding hydrogens is 138 g/mol. The third-order valence-corrected chi connectivity index (χ3v) is 1.80. The maximum Gasteiger partial charge on any atom is 0.146 e.